The van der Waals surface area contributed by atoms with Crippen molar-refractivity contribution in [1.29, 1.82) is 0 Å². The van der Waals surface area contributed by atoms with Gasteiger partial charge >= 0.3 is 6.18 Å². The van der Waals surface area contributed by atoms with Crippen LogP contribution in [0.15, 0.2) is 12.3 Å². The minimum Gasteiger partial charge on any atom is -0.397 e. The van der Waals surface area contributed by atoms with Gasteiger partial charge in [-0.05, 0) is 19.9 Å². The molecule has 0 bridgehead atoms. The number of nitrogens with one attached hydrogen (secondary N) is 1. The van der Waals surface area contributed by atoms with E-state index < -0.39 is 25.0 Å². The van der Waals surface area contributed by atoms with Crippen LogP contribution in [-0.2, 0) is 0 Å². The molecular formula is C11H16F3N3O. The van der Waals surface area contributed by atoms with Crippen LogP contribution in [0, 0.1) is 0 Å². The Kier molecular flexibility index (Phi) is 4.26. The van der Waals surface area contributed by atoms with Gasteiger partial charge in [0.25, 0.3) is 5.91 Å². The number of nitrogens with zero attached hydrogens (tertiary/aromatic N) is 1. The average Bonchev–Trinajstić information content (AvgIpc) is 2.58. The lowest BCUT2D eigenvalue weighted by molar-refractivity contribution is -0.133. The van der Waals surface area contributed by atoms with Gasteiger partial charge in [0, 0.05) is 18.8 Å². The number of aromatic nitrogens is 1. The zero-order valence-electron chi connectivity index (χ0n) is 10.2. The lowest BCUT2D eigenvalue weighted by Crippen LogP contribution is -2.29. The first-order valence-electron chi connectivity index (χ1n) is 5.53. The highest BCUT2D eigenvalue weighted by Crippen LogP contribution is 2.19. The normalized spacial score (nSPS) is 11.9. The summed E-state index contributed by atoms with van der Waals surface area (Å²) in [4.78, 5) is 11.7. The number of carbonyl (C=O) groups is 1. The van der Waals surface area contributed by atoms with Crippen molar-refractivity contribution in [3.8, 4) is 0 Å². The van der Waals surface area contributed by atoms with Gasteiger partial charge in [-0.25, -0.2) is 0 Å². The smallest absolute Gasteiger partial charge is 0.390 e. The molecule has 1 amide bonds. The Labute approximate surface area is 103 Å². The number of halogens is 3. The summed E-state index contributed by atoms with van der Waals surface area (Å²) in [6.45, 7) is 3.27. The average molecular weight is 263 g/mol. The van der Waals surface area contributed by atoms with Gasteiger partial charge in [0.15, 0.2) is 0 Å². The summed E-state index contributed by atoms with van der Waals surface area (Å²) >= 11 is 0. The number of alkyl halides is 3. The monoisotopic (exact) mass is 263 g/mol. The molecule has 0 unspecified atom stereocenters. The molecule has 1 rings (SSSR count). The Morgan fingerprint density at radius 1 is 1.50 bits per heavy atom. The number of amides is 1. The van der Waals surface area contributed by atoms with Crippen LogP contribution in [0.25, 0.3) is 0 Å². The van der Waals surface area contributed by atoms with Crippen molar-refractivity contribution >= 4 is 11.6 Å². The van der Waals surface area contributed by atoms with Crippen molar-refractivity contribution in [2.75, 3.05) is 12.3 Å². The van der Waals surface area contributed by atoms with Gasteiger partial charge in [0.2, 0.25) is 0 Å². The molecule has 0 radical (unpaired) electrons. The number of nitrogens with two attached hydrogens (primary N) is 1. The quantitative estimate of drug-likeness (QED) is 0.875. The summed E-state index contributed by atoms with van der Waals surface area (Å²) in [6, 6.07) is 1.45. The van der Waals surface area contributed by atoms with E-state index in [9.17, 15) is 18.0 Å². The Hall–Kier alpha value is -1.66. The van der Waals surface area contributed by atoms with Gasteiger partial charge in [-0.15, -0.1) is 0 Å². The molecule has 0 aliphatic carbocycles. The SMILES string of the molecule is CC(C)n1cc(N)cc1C(=O)NCCC(F)(F)F. The van der Waals surface area contributed by atoms with E-state index >= 15 is 0 Å². The fourth-order valence-corrected chi connectivity index (χ4v) is 1.52. The molecule has 4 nitrogen and oxygen atoms in total. The molecule has 0 aliphatic heterocycles. The van der Waals surface area contributed by atoms with Crippen LogP contribution in [0.4, 0.5) is 18.9 Å². The van der Waals surface area contributed by atoms with Crippen molar-refractivity contribution in [2.24, 2.45) is 0 Å². The third-order valence-corrected chi connectivity index (χ3v) is 2.35. The Balaban J connectivity index is 2.67. The van der Waals surface area contributed by atoms with E-state index in [-0.39, 0.29) is 11.7 Å². The van der Waals surface area contributed by atoms with Crippen LogP contribution in [-0.4, -0.2) is 23.2 Å². The fraction of sp³-hybridized carbons (Fsp3) is 0.545. The van der Waals surface area contributed by atoms with E-state index in [1.54, 1.807) is 10.8 Å². The molecule has 0 aliphatic rings. The van der Waals surface area contributed by atoms with E-state index in [1.807, 2.05) is 13.8 Å². The second-order valence-corrected chi connectivity index (χ2v) is 4.28. The van der Waals surface area contributed by atoms with E-state index in [1.165, 1.54) is 6.07 Å². The molecule has 3 N–H and O–H groups in total. The summed E-state index contributed by atoms with van der Waals surface area (Å²) < 4.78 is 37.5. The summed E-state index contributed by atoms with van der Waals surface area (Å²) in [6.07, 6.45) is -3.73. The molecule has 0 atom stereocenters. The van der Waals surface area contributed by atoms with E-state index in [2.05, 4.69) is 5.32 Å². The number of nitrogen functional groups attached to an aromatic ring is 1. The number of carbonyl (C=O) groups excluding carboxylic acids is 1. The highest BCUT2D eigenvalue weighted by Gasteiger charge is 2.27. The molecule has 102 valence electrons. The second kappa shape index (κ2) is 5.32. The van der Waals surface area contributed by atoms with E-state index in [0.29, 0.717) is 5.69 Å². The van der Waals surface area contributed by atoms with Crippen molar-refractivity contribution in [3.63, 3.8) is 0 Å². The predicted octanol–water partition coefficient (Wildman–Crippen LogP) is 2.33. The minimum atomic E-state index is -4.27. The number of hydrogen-bond acceptors (Lipinski definition) is 2. The second-order valence-electron chi connectivity index (χ2n) is 4.28. The molecular weight excluding hydrogens is 247 g/mol. The lowest BCUT2D eigenvalue weighted by Gasteiger charge is -2.13. The minimum absolute atomic E-state index is 0.00525. The molecule has 0 saturated heterocycles. The van der Waals surface area contributed by atoms with E-state index in [0.717, 1.165) is 0 Å². The maximum atomic E-state index is 11.9. The summed E-state index contributed by atoms with van der Waals surface area (Å²) in [5.74, 6) is -0.551. The summed E-state index contributed by atoms with van der Waals surface area (Å²) in [5, 5.41) is 2.23. The van der Waals surface area contributed by atoms with Gasteiger partial charge in [0.05, 0.1) is 12.1 Å². The molecule has 0 spiro atoms. The largest absolute Gasteiger partial charge is 0.397 e. The highest BCUT2D eigenvalue weighted by molar-refractivity contribution is 5.93. The predicted molar refractivity (Wildman–Crippen MR) is 62.2 cm³/mol. The third kappa shape index (κ3) is 3.97. The Morgan fingerprint density at radius 2 is 2.11 bits per heavy atom. The van der Waals surface area contributed by atoms with Crippen LogP contribution >= 0.6 is 0 Å². The van der Waals surface area contributed by atoms with Gasteiger partial charge < -0.3 is 15.6 Å². The Bertz CT molecular complexity index is 424. The van der Waals surface area contributed by atoms with Crippen LogP contribution in [0.1, 0.15) is 36.8 Å². The van der Waals surface area contributed by atoms with Gasteiger partial charge in [-0.2, -0.15) is 13.2 Å². The summed E-state index contributed by atoms with van der Waals surface area (Å²) in [5.41, 5.74) is 6.25. The maximum absolute atomic E-state index is 11.9. The fourth-order valence-electron chi connectivity index (χ4n) is 1.52. The molecule has 18 heavy (non-hydrogen) atoms. The van der Waals surface area contributed by atoms with Gasteiger partial charge in [-0.3, -0.25) is 4.79 Å². The molecule has 0 aromatic carbocycles. The van der Waals surface area contributed by atoms with Crippen molar-refractivity contribution < 1.29 is 18.0 Å². The zero-order chi connectivity index (χ0) is 13.9. The first kappa shape index (κ1) is 14.4. The van der Waals surface area contributed by atoms with Crippen LogP contribution in [0.5, 0.6) is 0 Å². The lowest BCUT2D eigenvalue weighted by atomic mass is 10.3. The molecule has 1 aromatic heterocycles. The Morgan fingerprint density at radius 3 is 2.61 bits per heavy atom. The molecule has 0 saturated carbocycles. The first-order chi connectivity index (χ1) is 8.20. The first-order valence-corrected chi connectivity index (χ1v) is 5.53. The maximum Gasteiger partial charge on any atom is 0.390 e. The summed E-state index contributed by atoms with van der Waals surface area (Å²) in [7, 11) is 0. The molecule has 1 aromatic rings. The number of anilines is 1. The third-order valence-electron chi connectivity index (χ3n) is 2.35. The van der Waals surface area contributed by atoms with Crippen molar-refractivity contribution in [3.05, 3.63) is 18.0 Å². The van der Waals surface area contributed by atoms with Crippen LogP contribution in [0.3, 0.4) is 0 Å². The topological polar surface area (TPSA) is 60.0 Å². The molecule has 0 fully saturated rings. The van der Waals surface area contributed by atoms with Gasteiger partial charge in [0.1, 0.15) is 5.69 Å². The zero-order valence-corrected chi connectivity index (χ0v) is 10.2. The molecule has 1 heterocycles. The number of hydrogen-bond donors (Lipinski definition) is 2. The van der Waals surface area contributed by atoms with Crippen molar-refractivity contribution in [2.45, 2.75) is 32.5 Å². The molecule has 7 heteroatoms. The number of rotatable bonds is 4. The highest BCUT2D eigenvalue weighted by atomic mass is 19.4. The standard InChI is InChI=1S/C11H16F3N3O/c1-7(2)17-6-8(15)5-9(17)10(18)16-4-3-11(12,13)14/h5-7H,3-4,15H2,1-2H3,(H,16,18). The van der Waals surface area contributed by atoms with Gasteiger partial charge in [-0.1, -0.05) is 0 Å². The van der Waals surface area contributed by atoms with Crippen molar-refractivity contribution in [1.82, 2.24) is 9.88 Å². The van der Waals surface area contributed by atoms with Crippen LogP contribution in [0.2, 0.25) is 0 Å². The van der Waals surface area contributed by atoms with E-state index in [4.69, 9.17) is 5.73 Å². The van der Waals surface area contributed by atoms with Crippen LogP contribution < -0.4 is 11.1 Å².